The van der Waals surface area contributed by atoms with Crippen molar-refractivity contribution in [2.24, 2.45) is 5.92 Å². The number of aliphatic hydroxyl groups excluding tert-OH is 2. The molecule has 0 aliphatic rings. The van der Waals surface area contributed by atoms with Gasteiger partial charge in [-0.15, -0.1) is 0 Å². The minimum Gasteiger partial charge on any atom is -0.480 e. The maximum atomic E-state index is 13.5. The molecule has 0 aromatic heterocycles. The number of carboxylic acid groups (broad SMARTS) is 1. The van der Waals surface area contributed by atoms with E-state index in [1.165, 1.54) is 13.8 Å². The van der Waals surface area contributed by atoms with Crippen LogP contribution in [0.4, 0.5) is 0 Å². The lowest BCUT2D eigenvalue weighted by Gasteiger charge is -2.27. The molecule has 12 nitrogen and oxygen atoms in total. The van der Waals surface area contributed by atoms with E-state index in [9.17, 15) is 34.2 Å². The van der Waals surface area contributed by atoms with Crippen molar-refractivity contribution in [3.05, 3.63) is 71.8 Å². The first-order valence-electron chi connectivity index (χ1n) is 13.4. The highest BCUT2D eigenvalue weighted by Gasteiger charge is 2.33. The van der Waals surface area contributed by atoms with E-state index in [1.54, 1.807) is 30.3 Å². The number of hydrogen-bond acceptors (Lipinski definition) is 8. The van der Waals surface area contributed by atoms with E-state index in [4.69, 9.17) is 5.11 Å². The monoisotopic (exact) mass is 602 g/mol. The molecule has 0 aliphatic heterocycles. The molecule has 2 rings (SSSR count). The van der Waals surface area contributed by atoms with Crippen molar-refractivity contribution in [3.8, 4) is 0 Å². The molecule has 0 saturated heterocycles. The first-order valence-corrected chi connectivity index (χ1v) is 14.0. The van der Waals surface area contributed by atoms with Crippen molar-refractivity contribution in [3.63, 3.8) is 0 Å². The van der Waals surface area contributed by atoms with Gasteiger partial charge in [-0.2, -0.15) is 12.6 Å². The summed E-state index contributed by atoms with van der Waals surface area (Å²) < 4.78 is 0. The number of thiol groups is 1. The standard InChI is InChI=1S/C29H38N4O8S/c1-17(29(40)41)30-27(38)23(15-34)32-28(39)24(18(2)35)33-26(37)22(14-20-11-7-4-8-12-20)31-25(36)21(16-42)13-19-9-5-3-6-10-19/h3-12,17-18,21-24,34-35,42H,13-16H2,1-2H3,(H,30,38)(H,31,36)(H,32,39)(H,33,37)(H,40,41)/t17-,18+,21+,22-,23-,24-/m0/s1. The Bertz CT molecular complexity index is 1200. The van der Waals surface area contributed by atoms with Crippen molar-refractivity contribution in [2.45, 2.75) is 57.0 Å². The summed E-state index contributed by atoms with van der Waals surface area (Å²) in [5, 5.41) is 38.4. The molecule has 6 atom stereocenters. The Kier molecular flexibility index (Phi) is 14.0. The number of carbonyl (C=O) groups is 5. The molecule has 0 radical (unpaired) electrons. The average Bonchev–Trinajstić information content (AvgIpc) is 2.97. The lowest BCUT2D eigenvalue weighted by atomic mass is 9.98. The maximum Gasteiger partial charge on any atom is 0.325 e. The Morgan fingerprint density at radius 1 is 0.714 bits per heavy atom. The zero-order valence-corrected chi connectivity index (χ0v) is 24.3. The van der Waals surface area contributed by atoms with Crippen molar-refractivity contribution in [1.29, 1.82) is 0 Å². The molecule has 228 valence electrons. The minimum absolute atomic E-state index is 0.0753. The fraction of sp³-hybridized carbons (Fsp3) is 0.414. The van der Waals surface area contributed by atoms with Crippen LogP contribution in [0.15, 0.2) is 60.7 Å². The van der Waals surface area contributed by atoms with Gasteiger partial charge in [0.05, 0.1) is 18.6 Å². The highest BCUT2D eigenvalue weighted by molar-refractivity contribution is 7.80. The van der Waals surface area contributed by atoms with E-state index in [-0.39, 0.29) is 12.2 Å². The topological polar surface area (TPSA) is 194 Å². The smallest absolute Gasteiger partial charge is 0.325 e. The average molecular weight is 603 g/mol. The Labute approximate surface area is 249 Å². The third kappa shape index (κ3) is 10.8. The minimum atomic E-state index is -1.57. The molecule has 4 amide bonds. The van der Waals surface area contributed by atoms with Gasteiger partial charge in [-0.05, 0) is 31.4 Å². The summed E-state index contributed by atoms with van der Waals surface area (Å²) >= 11 is 4.32. The van der Waals surface area contributed by atoms with Crippen LogP contribution in [-0.2, 0) is 36.8 Å². The number of benzene rings is 2. The Morgan fingerprint density at radius 2 is 1.21 bits per heavy atom. The largest absolute Gasteiger partial charge is 0.480 e. The molecule has 0 spiro atoms. The van der Waals surface area contributed by atoms with Crippen LogP contribution in [0.5, 0.6) is 0 Å². The molecule has 0 unspecified atom stereocenters. The number of aliphatic carboxylic acids is 1. The quantitative estimate of drug-likeness (QED) is 0.117. The number of rotatable bonds is 16. The number of aliphatic hydroxyl groups is 2. The molecular weight excluding hydrogens is 564 g/mol. The van der Waals surface area contributed by atoms with Crippen molar-refractivity contribution < 1.29 is 39.3 Å². The van der Waals surface area contributed by atoms with Gasteiger partial charge >= 0.3 is 5.97 Å². The van der Waals surface area contributed by atoms with Crippen LogP contribution in [0.2, 0.25) is 0 Å². The SMILES string of the molecule is C[C@H](NC(=O)[C@H](CO)NC(=O)[C@@H](NC(=O)[C@H](Cc1ccccc1)NC(=O)[C@@H](CS)Cc1ccccc1)[C@@H](C)O)C(=O)O. The third-order valence-electron chi connectivity index (χ3n) is 6.44. The van der Waals surface area contributed by atoms with Crippen molar-refractivity contribution >= 4 is 42.2 Å². The predicted octanol–water partition coefficient (Wildman–Crippen LogP) is -0.565. The van der Waals surface area contributed by atoms with Crippen LogP contribution in [0.3, 0.4) is 0 Å². The van der Waals surface area contributed by atoms with Gasteiger partial charge < -0.3 is 36.6 Å². The lowest BCUT2D eigenvalue weighted by molar-refractivity contribution is -0.142. The first-order chi connectivity index (χ1) is 20.0. The van der Waals surface area contributed by atoms with Crippen LogP contribution in [0, 0.1) is 5.92 Å². The molecule has 0 saturated carbocycles. The van der Waals surface area contributed by atoms with Gasteiger partial charge in [0.25, 0.3) is 0 Å². The molecule has 42 heavy (non-hydrogen) atoms. The normalized spacial score (nSPS) is 15.2. The van der Waals surface area contributed by atoms with Gasteiger partial charge in [-0.1, -0.05) is 60.7 Å². The summed E-state index contributed by atoms with van der Waals surface area (Å²) in [5.74, 6) is -4.84. The highest BCUT2D eigenvalue weighted by atomic mass is 32.1. The van der Waals surface area contributed by atoms with E-state index in [0.717, 1.165) is 11.1 Å². The van der Waals surface area contributed by atoms with Crippen molar-refractivity contribution in [1.82, 2.24) is 21.3 Å². The van der Waals surface area contributed by atoms with Gasteiger partial charge in [0.2, 0.25) is 23.6 Å². The Hall–Kier alpha value is -3.94. The third-order valence-corrected chi connectivity index (χ3v) is 6.88. The molecule has 0 aliphatic carbocycles. The number of amides is 4. The van der Waals surface area contributed by atoms with Crippen LogP contribution in [0.1, 0.15) is 25.0 Å². The van der Waals surface area contributed by atoms with Crippen LogP contribution >= 0.6 is 12.6 Å². The van der Waals surface area contributed by atoms with Gasteiger partial charge in [-0.3, -0.25) is 24.0 Å². The maximum absolute atomic E-state index is 13.5. The second-order valence-electron chi connectivity index (χ2n) is 9.86. The second-order valence-corrected chi connectivity index (χ2v) is 10.2. The molecule has 2 aromatic rings. The molecule has 0 fully saturated rings. The summed E-state index contributed by atoms with van der Waals surface area (Å²) in [5.41, 5.74) is 1.65. The fourth-order valence-corrected chi connectivity index (χ4v) is 4.27. The first kappa shape index (κ1) is 34.3. The number of carbonyl (C=O) groups excluding carboxylic acids is 4. The Morgan fingerprint density at radius 3 is 1.69 bits per heavy atom. The molecule has 7 N–H and O–H groups in total. The zero-order chi connectivity index (χ0) is 31.2. The van der Waals surface area contributed by atoms with Crippen LogP contribution in [0.25, 0.3) is 0 Å². The lowest BCUT2D eigenvalue weighted by Crippen LogP contribution is -2.61. The predicted molar refractivity (Wildman–Crippen MR) is 157 cm³/mol. The van der Waals surface area contributed by atoms with Crippen LogP contribution < -0.4 is 21.3 Å². The summed E-state index contributed by atoms with van der Waals surface area (Å²) in [7, 11) is 0. The van der Waals surface area contributed by atoms with E-state index in [1.807, 2.05) is 30.3 Å². The van der Waals surface area contributed by atoms with Crippen molar-refractivity contribution in [2.75, 3.05) is 12.4 Å². The summed E-state index contributed by atoms with van der Waals surface area (Å²) in [6.45, 7) is 1.57. The molecule has 0 heterocycles. The summed E-state index contributed by atoms with van der Waals surface area (Å²) in [4.78, 5) is 63.1. The summed E-state index contributed by atoms with van der Waals surface area (Å²) in [6.07, 6.45) is -0.975. The van der Waals surface area contributed by atoms with E-state index < -0.39 is 72.4 Å². The highest BCUT2D eigenvalue weighted by Crippen LogP contribution is 2.12. The molecule has 13 heteroatoms. The fourth-order valence-electron chi connectivity index (χ4n) is 3.98. The van der Waals surface area contributed by atoms with E-state index in [0.29, 0.717) is 6.42 Å². The van der Waals surface area contributed by atoms with Gasteiger partial charge in [0.1, 0.15) is 24.2 Å². The Balaban J connectivity index is 2.20. The number of carboxylic acids is 1. The van der Waals surface area contributed by atoms with E-state index >= 15 is 0 Å². The van der Waals surface area contributed by atoms with E-state index in [2.05, 4.69) is 33.9 Å². The van der Waals surface area contributed by atoms with Gasteiger partial charge in [-0.25, -0.2) is 0 Å². The van der Waals surface area contributed by atoms with Gasteiger partial charge in [0, 0.05) is 12.2 Å². The number of hydrogen-bond donors (Lipinski definition) is 8. The second kappa shape index (κ2) is 17.1. The molecule has 0 bridgehead atoms. The zero-order valence-electron chi connectivity index (χ0n) is 23.4. The molecule has 2 aromatic carbocycles. The number of nitrogens with one attached hydrogen (secondary N) is 4. The summed E-state index contributed by atoms with van der Waals surface area (Å²) in [6, 6.07) is 12.7. The molecular formula is C29H38N4O8S. The van der Waals surface area contributed by atoms with Gasteiger partial charge in [0.15, 0.2) is 0 Å². The van der Waals surface area contributed by atoms with Crippen LogP contribution in [-0.4, -0.2) is 87.5 Å².